The third kappa shape index (κ3) is 3.71. The maximum absolute atomic E-state index is 12.9. The number of Topliss-reactive ketones (excluding diaryl/α,β-unsaturated/α-hetero) is 1. The van der Waals surface area contributed by atoms with E-state index in [1.807, 2.05) is 19.1 Å². The van der Waals surface area contributed by atoms with Crippen LogP contribution in [0.3, 0.4) is 0 Å². The van der Waals surface area contributed by atoms with Gasteiger partial charge in [-0.25, -0.2) is 0 Å². The van der Waals surface area contributed by atoms with Crippen molar-refractivity contribution in [1.82, 2.24) is 0 Å². The van der Waals surface area contributed by atoms with Gasteiger partial charge in [-0.05, 0) is 56.2 Å². The molecule has 1 aromatic rings. The maximum Gasteiger partial charge on any atom is 0.235 e. The van der Waals surface area contributed by atoms with Gasteiger partial charge in [0.05, 0.1) is 19.1 Å². The standard InChI is InChI=1S/C20H31NO4Si/c1-13(22)18-17(14(2)25-26(7,8)20(3,4)5)19(23)21(18)15-9-11-16(24-6)12-10-15/h9-12,14,17-18H,1-8H3. The lowest BCUT2D eigenvalue weighted by Gasteiger charge is -2.50. The Labute approximate surface area is 157 Å². The first-order chi connectivity index (χ1) is 11.9. The molecule has 2 rings (SSSR count). The van der Waals surface area contributed by atoms with Crippen LogP contribution in [0, 0.1) is 5.92 Å². The Bertz CT molecular complexity index is 678. The fraction of sp³-hybridized carbons (Fsp3) is 0.600. The fourth-order valence-corrected chi connectivity index (χ4v) is 4.58. The molecule has 5 nitrogen and oxygen atoms in total. The lowest BCUT2D eigenvalue weighted by molar-refractivity contribution is -0.141. The molecule has 144 valence electrons. The van der Waals surface area contributed by atoms with Crippen LogP contribution in [0.5, 0.6) is 5.75 Å². The molecule has 1 saturated heterocycles. The van der Waals surface area contributed by atoms with Crippen LogP contribution in [0.4, 0.5) is 5.69 Å². The molecule has 0 radical (unpaired) electrons. The summed E-state index contributed by atoms with van der Waals surface area (Å²) in [5.41, 5.74) is 0.715. The molecule has 1 aliphatic rings. The first kappa shape index (κ1) is 20.6. The van der Waals surface area contributed by atoms with Crippen LogP contribution >= 0.6 is 0 Å². The number of benzene rings is 1. The molecule has 0 aliphatic carbocycles. The fourth-order valence-electron chi connectivity index (χ4n) is 3.15. The van der Waals surface area contributed by atoms with Gasteiger partial charge < -0.3 is 14.1 Å². The van der Waals surface area contributed by atoms with Crippen molar-refractivity contribution in [2.45, 2.75) is 64.9 Å². The average molecular weight is 378 g/mol. The van der Waals surface area contributed by atoms with E-state index < -0.39 is 20.3 Å². The summed E-state index contributed by atoms with van der Waals surface area (Å²) < 4.78 is 11.6. The molecule has 0 aromatic heterocycles. The van der Waals surface area contributed by atoms with E-state index in [1.54, 1.807) is 31.1 Å². The second-order valence-corrected chi connectivity index (χ2v) is 13.3. The highest BCUT2D eigenvalue weighted by molar-refractivity contribution is 6.74. The number of rotatable bonds is 6. The molecule has 1 heterocycles. The van der Waals surface area contributed by atoms with Gasteiger partial charge in [0.25, 0.3) is 0 Å². The number of ether oxygens (including phenoxy) is 1. The molecule has 26 heavy (non-hydrogen) atoms. The molecule has 3 atom stereocenters. The van der Waals surface area contributed by atoms with Crippen LogP contribution in [0.15, 0.2) is 24.3 Å². The van der Waals surface area contributed by atoms with E-state index in [1.165, 1.54) is 0 Å². The Morgan fingerprint density at radius 1 is 1.19 bits per heavy atom. The first-order valence-corrected chi connectivity index (χ1v) is 12.0. The van der Waals surface area contributed by atoms with Gasteiger partial charge in [-0.3, -0.25) is 9.59 Å². The van der Waals surface area contributed by atoms with Gasteiger partial charge in [-0.2, -0.15) is 0 Å². The zero-order valence-electron chi connectivity index (χ0n) is 17.1. The summed E-state index contributed by atoms with van der Waals surface area (Å²) in [5, 5.41) is 0.0510. The van der Waals surface area contributed by atoms with Crippen molar-refractivity contribution < 1.29 is 18.8 Å². The SMILES string of the molecule is COc1ccc(N2C(=O)C(C(C)O[Si](C)(C)C(C)(C)C)C2C(C)=O)cc1. The number of carbonyl (C=O) groups excluding carboxylic acids is 2. The molecule has 6 heteroatoms. The normalized spacial score (nSPS) is 22.0. The number of methoxy groups -OCH3 is 1. The lowest BCUT2D eigenvalue weighted by Crippen LogP contribution is -2.68. The summed E-state index contributed by atoms with van der Waals surface area (Å²) in [4.78, 5) is 26.8. The highest BCUT2D eigenvalue weighted by Gasteiger charge is 2.54. The number of β-lactam (4-membered cyclic amide) rings is 1. The number of carbonyl (C=O) groups is 2. The third-order valence-corrected chi connectivity index (χ3v) is 10.3. The van der Waals surface area contributed by atoms with E-state index in [-0.39, 0.29) is 22.8 Å². The van der Waals surface area contributed by atoms with E-state index in [2.05, 4.69) is 33.9 Å². The molecule has 3 unspecified atom stereocenters. The van der Waals surface area contributed by atoms with Crippen LogP contribution in [0.25, 0.3) is 0 Å². The van der Waals surface area contributed by atoms with Crippen molar-refractivity contribution in [2.75, 3.05) is 12.0 Å². The van der Waals surface area contributed by atoms with Crippen LogP contribution in [-0.4, -0.2) is 39.3 Å². The molecule has 0 spiro atoms. The van der Waals surface area contributed by atoms with E-state index in [4.69, 9.17) is 9.16 Å². The number of nitrogens with zero attached hydrogens (tertiary/aromatic N) is 1. The quantitative estimate of drug-likeness (QED) is 0.555. The Morgan fingerprint density at radius 3 is 2.15 bits per heavy atom. The van der Waals surface area contributed by atoms with Crippen molar-refractivity contribution in [3.8, 4) is 5.75 Å². The second kappa shape index (κ2) is 7.16. The Morgan fingerprint density at radius 2 is 1.73 bits per heavy atom. The summed E-state index contributed by atoms with van der Waals surface area (Å²) in [5.74, 6) is 0.216. The second-order valence-electron chi connectivity index (χ2n) is 8.57. The van der Waals surface area contributed by atoms with Gasteiger partial charge in [0.2, 0.25) is 5.91 Å². The van der Waals surface area contributed by atoms with Gasteiger partial charge in [-0.1, -0.05) is 20.8 Å². The molecular weight excluding hydrogens is 346 g/mol. The Hall–Kier alpha value is -1.66. The zero-order chi connectivity index (χ0) is 19.9. The molecule has 0 saturated carbocycles. The van der Waals surface area contributed by atoms with Gasteiger partial charge in [0.1, 0.15) is 11.8 Å². The molecule has 0 N–H and O–H groups in total. The van der Waals surface area contributed by atoms with Gasteiger partial charge in [0, 0.05) is 5.69 Å². The van der Waals surface area contributed by atoms with Crippen LogP contribution in [0.2, 0.25) is 18.1 Å². The number of hydrogen-bond acceptors (Lipinski definition) is 4. The van der Waals surface area contributed by atoms with Gasteiger partial charge in [-0.15, -0.1) is 0 Å². The van der Waals surface area contributed by atoms with E-state index >= 15 is 0 Å². The van der Waals surface area contributed by atoms with Crippen molar-refractivity contribution in [3.63, 3.8) is 0 Å². The summed E-state index contributed by atoms with van der Waals surface area (Å²) >= 11 is 0. The molecule has 0 bridgehead atoms. The Balaban J connectivity index is 2.23. The summed E-state index contributed by atoms with van der Waals surface area (Å²) in [7, 11) is -0.424. The minimum Gasteiger partial charge on any atom is -0.497 e. The van der Waals surface area contributed by atoms with Crippen molar-refractivity contribution in [2.24, 2.45) is 5.92 Å². The lowest BCUT2D eigenvalue weighted by atomic mass is 9.80. The highest BCUT2D eigenvalue weighted by Crippen LogP contribution is 2.42. The number of amides is 1. The van der Waals surface area contributed by atoms with Gasteiger partial charge >= 0.3 is 0 Å². The van der Waals surface area contributed by atoms with Crippen LogP contribution in [-0.2, 0) is 14.0 Å². The number of ketones is 1. The highest BCUT2D eigenvalue weighted by atomic mass is 28.4. The molecular formula is C20H31NO4Si. The monoisotopic (exact) mass is 377 g/mol. The molecule has 1 fully saturated rings. The first-order valence-electron chi connectivity index (χ1n) is 9.06. The van der Waals surface area contributed by atoms with Crippen LogP contribution < -0.4 is 9.64 Å². The molecule has 1 aromatic carbocycles. The van der Waals surface area contributed by atoms with Crippen molar-refractivity contribution in [1.29, 1.82) is 0 Å². The Kier molecular flexibility index (Phi) is 5.68. The van der Waals surface area contributed by atoms with Gasteiger partial charge in [0.15, 0.2) is 14.1 Å². The predicted octanol–water partition coefficient (Wildman–Crippen LogP) is 4.03. The molecule has 1 aliphatic heterocycles. The maximum atomic E-state index is 12.9. The third-order valence-electron chi connectivity index (χ3n) is 5.70. The van der Waals surface area contributed by atoms with E-state index in [0.29, 0.717) is 11.4 Å². The van der Waals surface area contributed by atoms with Crippen LogP contribution in [0.1, 0.15) is 34.6 Å². The smallest absolute Gasteiger partial charge is 0.235 e. The van der Waals surface area contributed by atoms with Crippen molar-refractivity contribution >= 4 is 25.7 Å². The zero-order valence-corrected chi connectivity index (χ0v) is 18.1. The number of hydrogen-bond donors (Lipinski definition) is 0. The largest absolute Gasteiger partial charge is 0.497 e. The summed E-state index contributed by atoms with van der Waals surface area (Å²) in [6.07, 6.45) is -0.285. The topological polar surface area (TPSA) is 55.8 Å². The van der Waals surface area contributed by atoms with E-state index in [9.17, 15) is 9.59 Å². The summed E-state index contributed by atoms with van der Waals surface area (Å²) in [6, 6.07) is 6.73. The summed E-state index contributed by atoms with van der Waals surface area (Å²) in [6.45, 7) is 14.3. The van der Waals surface area contributed by atoms with Crippen molar-refractivity contribution in [3.05, 3.63) is 24.3 Å². The number of anilines is 1. The minimum atomic E-state index is -2.02. The molecule has 1 amide bonds. The predicted molar refractivity (Wildman–Crippen MR) is 106 cm³/mol. The average Bonchev–Trinajstić information content (AvgIpc) is 2.51. The van der Waals surface area contributed by atoms with E-state index in [0.717, 1.165) is 0 Å². The minimum absolute atomic E-state index is 0.0175.